The van der Waals surface area contributed by atoms with Gasteiger partial charge in [-0.05, 0) is 36.2 Å². The molecule has 0 spiro atoms. The number of oxime groups is 1. The quantitative estimate of drug-likeness (QED) is 0.519. The van der Waals surface area contributed by atoms with Crippen LogP contribution < -0.4 is 5.73 Å². The molecule has 22 heavy (non-hydrogen) atoms. The number of nitrogens with two attached hydrogens (primary N) is 1. The van der Waals surface area contributed by atoms with Crippen LogP contribution in [0.15, 0.2) is 29.6 Å². The van der Waals surface area contributed by atoms with Crippen molar-refractivity contribution in [3.8, 4) is 11.3 Å². The molecule has 0 aliphatic carbocycles. The molecule has 0 amide bonds. The van der Waals surface area contributed by atoms with Gasteiger partial charge in [0.05, 0.1) is 11.9 Å². The molecule has 0 saturated carbocycles. The first-order valence-corrected chi connectivity index (χ1v) is 8.32. The van der Waals surface area contributed by atoms with Gasteiger partial charge in [-0.2, -0.15) is 8.42 Å². The van der Waals surface area contributed by atoms with E-state index in [1.807, 2.05) is 32.0 Å². The molecule has 0 radical (unpaired) electrons. The number of aromatic nitrogens is 2. The molecule has 0 unspecified atom stereocenters. The fourth-order valence-corrected chi connectivity index (χ4v) is 2.11. The first-order chi connectivity index (χ1) is 10.2. The van der Waals surface area contributed by atoms with Gasteiger partial charge in [-0.25, -0.2) is 4.98 Å². The minimum Gasteiger partial charge on any atom is -0.378 e. The summed E-state index contributed by atoms with van der Waals surface area (Å²) >= 11 is 0. The monoisotopic (exact) mass is 322 g/mol. The highest BCUT2D eigenvalue weighted by atomic mass is 32.2. The van der Waals surface area contributed by atoms with Gasteiger partial charge in [-0.1, -0.05) is 12.1 Å². The van der Waals surface area contributed by atoms with Crippen molar-refractivity contribution < 1.29 is 12.7 Å². The molecule has 0 bridgehead atoms. The number of imidazole rings is 1. The van der Waals surface area contributed by atoms with Crippen molar-refractivity contribution in [2.45, 2.75) is 13.8 Å². The van der Waals surface area contributed by atoms with E-state index in [-0.39, 0.29) is 5.84 Å². The van der Waals surface area contributed by atoms with E-state index in [0.29, 0.717) is 5.82 Å². The number of hydrogen-bond donors (Lipinski definition) is 1. The molecule has 2 aromatic rings. The van der Waals surface area contributed by atoms with Crippen LogP contribution in [0.1, 0.15) is 17.0 Å². The molecule has 2 rings (SSSR count). The summed E-state index contributed by atoms with van der Waals surface area (Å²) in [4.78, 5) is 4.38. The highest BCUT2D eigenvalue weighted by Crippen LogP contribution is 2.21. The van der Waals surface area contributed by atoms with Crippen LogP contribution in [0, 0.1) is 13.8 Å². The van der Waals surface area contributed by atoms with Gasteiger partial charge in [0.1, 0.15) is 0 Å². The second-order valence-electron chi connectivity index (χ2n) is 5.11. The second-order valence-corrected chi connectivity index (χ2v) is 6.67. The van der Waals surface area contributed by atoms with E-state index in [4.69, 9.17) is 5.73 Å². The van der Waals surface area contributed by atoms with Crippen LogP contribution >= 0.6 is 0 Å². The lowest BCUT2D eigenvalue weighted by molar-refractivity contribution is 0.342. The summed E-state index contributed by atoms with van der Waals surface area (Å²) in [6.45, 7) is 4.06. The van der Waals surface area contributed by atoms with Crippen molar-refractivity contribution in [3.05, 3.63) is 41.3 Å². The number of aryl methyl sites for hydroxylation is 3. The predicted molar refractivity (Wildman–Crippen MR) is 84.8 cm³/mol. The van der Waals surface area contributed by atoms with Gasteiger partial charge in [0.25, 0.3) is 0 Å². The Morgan fingerprint density at radius 1 is 1.32 bits per heavy atom. The van der Waals surface area contributed by atoms with Crippen molar-refractivity contribution in [3.63, 3.8) is 0 Å². The lowest BCUT2D eigenvalue weighted by Crippen LogP contribution is -2.19. The molecule has 0 aliphatic rings. The van der Waals surface area contributed by atoms with Crippen LogP contribution in [0.4, 0.5) is 0 Å². The van der Waals surface area contributed by atoms with Gasteiger partial charge in [-0.3, -0.25) is 4.28 Å². The minimum absolute atomic E-state index is 0.108. The van der Waals surface area contributed by atoms with Crippen LogP contribution in [-0.4, -0.2) is 30.1 Å². The number of nitrogens with zero attached hydrogens (tertiary/aromatic N) is 3. The van der Waals surface area contributed by atoms with E-state index in [1.54, 1.807) is 17.8 Å². The Morgan fingerprint density at radius 3 is 2.59 bits per heavy atom. The molecule has 8 heteroatoms. The minimum atomic E-state index is -3.70. The van der Waals surface area contributed by atoms with E-state index in [2.05, 4.69) is 14.4 Å². The molecule has 1 aromatic carbocycles. The number of benzene rings is 1. The Balaban J connectivity index is 2.37. The Hall–Kier alpha value is -2.35. The number of rotatable bonds is 4. The maximum absolute atomic E-state index is 10.9. The Labute approximate surface area is 129 Å². The lowest BCUT2D eigenvalue weighted by Gasteiger charge is -2.02. The Bertz CT molecular complexity index is 838. The topological polar surface area (TPSA) is 99.6 Å². The smallest absolute Gasteiger partial charge is 0.325 e. The zero-order valence-corrected chi connectivity index (χ0v) is 13.7. The summed E-state index contributed by atoms with van der Waals surface area (Å²) in [6.07, 6.45) is 2.69. The van der Waals surface area contributed by atoms with Crippen LogP contribution in [0.25, 0.3) is 11.3 Å². The average molecular weight is 322 g/mol. The first kappa shape index (κ1) is 16.0. The number of amidine groups is 1. The van der Waals surface area contributed by atoms with Crippen molar-refractivity contribution in [1.82, 2.24) is 9.55 Å². The van der Waals surface area contributed by atoms with E-state index in [0.717, 1.165) is 23.1 Å². The molecule has 1 heterocycles. The third kappa shape index (κ3) is 3.64. The van der Waals surface area contributed by atoms with Gasteiger partial charge in [0.2, 0.25) is 5.84 Å². The van der Waals surface area contributed by atoms with Gasteiger partial charge < -0.3 is 10.3 Å². The summed E-state index contributed by atoms with van der Waals surface area (Å²) in [5.41, 5.74) is 9.75. The van der Waals surface area contributed by atoms with Crippen molar-refractivity contribution in [2.24, 2.45) is 17.9 Å². The zero-order chi connectivity index (χ0) is 16.5. The Kier molecular flexibility index (Phi) is 4.23. The lowest BCUT2D eigenvalue weighted by atomic mass is 10.1. The van der Waals surface area contributed by atoms with Crippen molar-refractivity contribution in [1.29, 1.82) is 0 Å². The molecular weight excluding hydrogens is 304 g/mol. The van der Waals surface area contributed by atoms with Crippen LogP contribution in [0.2, 0.25) is 0 Å². The molecule has 118 valence electrons. The zero-order valence-electron chi connectivity index (χ0n) is 12.9. The van der Waals surface area contributed by atoms with Gasteiger partial charge >= 0.3 is 10.1 Å². The highest BCUT2D eigenvalue weighted by molar-refractivity contribution is 7.85. The van der Waals surface area contributed by atoms with E-state index in [1.165, 1.54) is 5.56 Å². The molecule has 1 aromatic heterocycles. The Morgan fingerprint density at radius 2 is 2.00 bits per heavy atom. The van der Waals surface area contributed by atoms with E-state index in [9.17, 15) is 8.42 Å². The SMILES string of the molecule is Cc1ccc(-c2cn(C)c(C(N)=NOS(C)(=O)=O)n2)cc1C. The maximum atomic E-state index is 10.9. The van der Waals surface area contributed by atoms with Crippen LogP contribution in [0.5, 0.6) is 0 Å². The molecule has 0 saturated heterocycles. The molecule has 0 atom stereocenters. The summed E-state index contributed by atoms with van der Waals surface area (Å²) < 4.78 is 27.9. The molecule has 0 aliphatic heterocycles. The van der Waals surface area contributed by atoms with E-state index >= 15 is 0 Å². The van der Waals surface area contributed by atoms with Crippen LogP contribution in [0.3, 0.4) is 0 Å². The predicted octanol–water partition coefficient (Wildman–Crippen LogP) is 1.30. The third-order valence-corrected chi connectivity index (χ3v) is 3.52. The normalized spacial score (nSPS) is 12.5. The average Bonchev–Trinajstić information content (AvgIpc) is 2.80. The fraction of sp³-hybridized carbons (Fsp3) is 0.286. The summed E-state index contributed by atoms with van der Waals surface area (Å²) in [7, 11) is -1.95. The summed E-state index contributed by atoms with van der Waals surface area (Å²) in [6, 6.07) is 6.01. The van der Waals surface area contributed by atoms with E-state index < -0.39 is 10.1 Å². The maximum Gasteiger partial charge on any atom is 0.325 e. The molecule has 0 fully saturated rings. The highest BCUT2D eigenvalue weighted by Gasteiger charge is 2.12. The molecular formula is C14H18N4O3S. The third-order valence-electron chi connectivity index (χ3n) is 3.18. The fourth-order valence-electron chi connectivity index (χ4n) is 1.89. The van der Waals surface area contributed by atoms with Gasteiger partial charge in [-0.15, -0.1) is 0 Å². The van der Waals surface area contributed by atoms with Crippen molar-refractivity contribution >= 4 is 16.0 Å². The number of hydrogen-bond acceptors (Lipinski definition) is 5. The van der Waals surface area contributed by atoms with Gasteiger partial charge in [0.15, 0.2) is 5.82 Å². The molecule has 7 nitrogen and oxygen atoms in total. The first-order valence-electron chi connectivity index (χ1n) is 6.51. The summed E-state index contributed by atoms with van der Waals surface area (Å²) in [5.74, 6) is 0.222. The standard InChI is InChI=1S/C14H18N4O3S/c1-9-5-6-11(7-10(9)2)12-8-18(3)14(16-12)13(15)17-21-22(4,19)20/h5-8H,1-4H3,(H2,15,17). The molecule has 2 N–H and O–H groups in total. The second kappa shape index (κ2) is 5.80. The van der Waals surface area contributed by atoms with Crippen molar-refractivity contribution in [2.75, 3.05) is 6.26 Å². The van der Waals surface area contributed by atoms with Crippen LogP contribution in [-0.2, 0) is 21.4 Å². The van der Waals surface area contributed by atoms with Gasteiger partial charge in [0, 0.05) is 18.8 Å². The summed E-state index contributed by atoms with van der Waals surface area (Å²) in [5, 5.41) is 3.39. The largest absolute Gasteiger partial charge is 0.378 e.